The molecule has 1 unspecified atom stereocenters. The fourth-order valence-corrected chi connectivity index (χ4v) is 3.92. The second-order valence-corrected chi connectivity index (χ2v) is 6.70. The molecule has 3 nitrogen and oxygen atoms in total. The molecule has 0 saturated heterocycles. The molecular formula is C17H29N3. The van der Waals surface area contributed by atoms with Gasteiger partial charge in [0.1, 0.15) is 0 Å². The van der Waals surface area contributed by atoms with Gasteiger partial charge in [0.15, 0.2) is 0 Å². The molecular weight excluding hydrogens is 246 g/mol. The first-order chi connectivity index (χ1) is 9.55. The highest BCUT2D eigenvalue weighted by Crippen LogP contribution is 2.47. The van der Waals surface area contributed by atoms with Gasteiger partial charge in [-0.3, -0.25) is 9.88 Å². The molecule has 1 aromatic rings. The van der Waals surface area contributed by atoms with Gasteiger partial charge >= 0.3 is 0 Å². The molecule has 0 spiro atoms. The normalized spacial score (nSPS) is 25.9. The van der Waals surface area contributed by atoms with E-state index in [0.717, 1.165) is 19.6 Å². The summed E-state index contributed by atoms with van der Waals surface area (Å²) in [6.45, 7) is 9.81. The molecule has 0 amide bonds. The lowest BCUT2D eigenvalue weighted by Gasteiger charge is -2.56. The summed E-state index contributed by atoms with van der Waals surface area (Å²) in [6, 6.07) is 4.23. The maximum atomic E-state index is 6.29. The first-order valence-electron chi connectivity index (χ1n) is 7.90. The van der Waals surface area contributed by atoms with E-state index < -0.39 is 0 Å². The summed E-state index contributed by atoms with van der Waals surface area (Å²) in [5.74, 6) is 0. The van der Waals surface area contributed by atoms with Crippen LogP contribution in [0.15, 0.2) is 24.5 Å². The van der Waals surface area contributed by atoms with Gasteiger partial charge in [-0.25, -0.2) is 0 Å². The number of hydrogen-bond acceptors (Lipinski definition) is 3. The Balaban J connectivity index is 2.27. The maximum absolute atomic E-state index is 6.29. The molecule has 1 heterocycles. The van der Waals surface area contributed by atoms with Crippen LogP contribution in [0.5, 0.6) is 0 Å². The van der Waals surface area contributed by atoms with Crippen LogP contribution >= 0.6 is 0 Å². The quantitative estimate of drug-likeness (QED) is 0.897. The van der Waals surface area contributed by atoms with Crippen molar-refractivity contribution in [1.29, 1.82) is 0 Å². The second-order valence-electron chi connectivity index (χ2n) is 6.70. The fraction of sp³-hybridized carbons (Fsp3) is 0.706. The van der Waals surface area contributed by atoms with Crippen LogP contribution in [0, 0.1) is 5.41 Å². The van der Waals surface area contributed by atoms with Gasteiger partial charge in [0.25, 0.3) is 0 Å². The minimum Gasteiger partial charge on any atom is -0.329 e. The lowest BCUT2D eigenvalue weighted by atomic mass is 9.62. The van der Waals surface area contributed by atoms with Crippen LogP contribution in [0.4, 0.5) is 0 Å². The lowest BCUT2D eigenvalue weighted by molar-refractivity contribution is -0.0464. The van der Waals surface area contributed by atoms with Gasteiger partial charge in [0, 0.05) is 31.0 Å². The third-order valence-electron chi connectivity index (χ3n) is 5.35. The van der Waals surface area contributed by atoms with E-state index in [1.54, 1.807) is 0 Å². The Morgan fingerprint density at radius 2 is 1.85 bits per heavy atom. The summed E-state index contributed by atoms with van der Waals surface area (Å²) in [5, 5.41) is 0. The average molecular weight is 275 g/mol. The van der Waals surface area contributed by atoms with Crippen LogP contribution in [-0.2, 0) is 6.54 Å². The molecule has 0 aromatic carbocycles. The zero-order valence-corrected chi connectivity index (χ0v) is 13.2. The highest BCUT2D eigenvalue weighted by molar-refractivity contribution is 5.12. The van der Waals surface area contributed by atoms with Gasteiger partial charge in [-0.1, -0.05) is 33.6 Å². The van der Waals surface area contributed by atoms with E-state index in [4.69, 9.17) is 5.73 Å². The standard InChI is InChI=1S/C17H29N3/c1-4-20(13-15-7-11-19-12-8-15)17(14-18)10-6-5-9-16(17,2)3/h7-8,11-12H,4-6,9-10,13-14,18H2,1-3H3. The molecule has 112 valence electrons. The molecule has 1 aromatic heterocycles. The number of hydrogen-bond donors (Lipinski definition) is 1. The zero-order valence-electron chi connectivity index (χ0n) is 13.2. The Labute approximate surface area is 123 Å². The molecule has 2 N–H and O–H groups in total. The van der Waals surface area contributed by atoms with E-state index in [-0.39, 0.29) is 11.0 Å². The van der Waals surface area contributed by atoms with Crippen LogP contribution in [0.3, 0.4) is 0 Å². The number of likely N-dealkylation sites (N-methyl/N-ethyl adjacent to an activating group) is 1. The van der Waals surface area contributed by atoms with Gasteiger partial charge < -0.3 is 5.73 Å². The van der Waals surface area contributed by atoms with Crippen molar-refractivity contribution < 1.29 is 0 Å². The summed E-state index contributed by atoms with van der Waals surface area (Å²) < 4.78 is 0. The maximum Gasteiger partial charge on any atom is 0.0385 e. The Morgan fingerprint density at radius 1 is 1.20 bits per heavy atom. The van der Waals surface area contributed by atoms with Crippen molar-refractivity contribution in [3.05, 3.63) is 30.1 Å². The predicted molar refractivity (Wildman–Crippen MR) is 84.4 cm³/mol. The predicted octanol–water partition coefficient (Wildman–Crippen LogP) is 3.20. The lowest BCUT2D eigenvalue weighted by Crippen LogP contribution is -2.63. The van der Waals surface area contributed by atoms with Crippen molar-refractivity contribution in [2.45, 2.75) is 58.5 Å². The molecule has 1 aliphatic carbocycles. The Bertz CT molecular complexity index is 416. The Kier molecular flexibility index (Phi) is 4.82. The second kappa shape index (κ2) is 6.23. The minimum atomic E-state index is 0.128. The monoisotopic (exact) mass is 275 g/mol. The van der Waals surface area contributed by atoms with E-state index in [1.807, 2.05) is 12.4 Å². The van der Waals surface area contributed by atoms with Gasteiger partial charge in [0.2, 0.25) is 0 Å². The molecule has 1 atom stereocenters. The topological polar surface area (TPSA) is 42.2 Å². The average Bonchev–Trinajstić information content (AvgIpc) is 2.46. The van der Waals surface area contributed by atoms with Crippen LogP contribution in [0.2, 0.25) is 0 Å². The van der Waals surface area contributed by atoms with Crippen LogP contribution in [0.1, 0.15) is 52.0 Å². The SMILES string of the molecule is CCN(Cc1ccncc1)C1(CN)CCCCC1(C)C. The smallest absolute Gasteiger partial charge is 0.0385 e. The highest BCUT2D eigenvalue weighted by Gasteiger charge is 2.48. The van der Waals surface area contributed by atoms with E-state index in [9.17, 15) is 0 Å². The van der Waals surface area contributed by atoms with E-state index in [1.165, 1.54) is 31.2 Å². The highest BCUT2D eigenvalue weighted by atomic mass is 15.2. The van der Waals surface area contributed by atoms with Crippen LogP contribution in [0.25, 0.3) is 0 Å². The third-order valence-corrected chi connectivity index (χ3v) is 5.35. The van der Waals surface area contributed by atoms with Crippen molar-refractivity contribution in [2.24, 2.45) is 11.1 Å². The van der Waals surface area contributed by atoms with E-state index in [2.05, 4.69) is 42.8 Å². The number of pyridine rings is 1. The molecule has 3 heteroatoms. The van der Waals surface area contributed by atoms with Crippen molar-refractivity contribution in [1.82, 2.24) is 9.88 Å². The summed E-state index contributed by atoms with van der Waals surface area (Å²) in [4.78, 5) is 6.71. The van der Waals surface area contributed by atoms with Crippen molar-refractivity contribution in [3.63, 3.8) is 0 Å². The summed E-state index contributed by atoms with van der Waals surface area (Å²) >= 11 is 0. The van der Waals surface area contributed by atoms with Crippen LogP contribution in [-0.4, -0.2) is 28.5 Å². The molecule has 0 bridgehead atoms. The van der Waals surface area contributed by atoms with Gasteiger partial charge in [-0.2, -0.15) is 0 Å². The van der Waals surface area contributed by atoms with Crippen molar-refractivity contribution >= 4 is 0 Å². The Morgan fingerprint density at radius 3 is 2.40 bits per heavy atom. The van der Waals surface area contributed by atoms with E-state index in [0.29, 0.717) is 0 Å². The molecule has 2 rings (SSSR count). The number of nitrogens with two attached hydrogens (primary N) is 1. The summed E-state index contributed by atoms with van der Waals surface area (Å²) in [5.41, 5.74) is 8.03. The van der Waals surface area contributed by atoms with E-state index >= 15 is 0 Å². The van der Waals surface area contributed by atoms with Crippen molar-refractivity contribution in [2.75, 3.05) is 13.1 Å². The zero-order chi connectivity index (χ0) is 14.6. The molecule has 1 fully saturated rings. The molecule has 0 radical (unpaired) electrons. The molecule has 1 saturated carbocycles. The minimum absolute atomic E-state index is 0.128. The largest absolute Gasteiger partial charge is 0.329 e. The fourth-order valence-electron chi connectivity index (χ4n) is 3.92. The van der Waals surface area contributed by atoms with Crippen molar-refractivity contribution in [3.8, 4) is 0 Å². The first kappa shape index (κ1) is 15.5. The van der Waals surface area contributed by atoms with Gasteiger partial charge in [0.05, 0.1) is 0 Å². The Hall–Kier alpha value is -0.930. The summed E-state index contributed by atoms with van der Waals surface area (Å²) in [7, 11) is 0. The molecule has 20 heavy (non-hydrogen) atoms. The van der Waals surface area contributed by atoms with Crippen LogP contribution < -0.4 is 5.73 Å². The third kappa shape index (κ3) is 2.75. The molecule has 1 aliphatic rings. The first-order valence-corrected chi connectivity index (χ1v) is 7.90. The van der Waals surface area contributed by atoms with Gasteiger partial charge in [-0.05, 0) is 42.5 Å². The molecule has 0 aliphatic heterocycles. The number of rotatable bonds is 5. The number of nitrogens with zero attached hydrogens (tertiary/aromatic N) is 2. The van der Waals surface area contributed by atoms with Gasteiger partial charge in [-0.15, -0.1) is 0 Å². The summed E-state index contributed by atoms with van der Waals surface area (Å²) in [6.07, 6.45) is 8.89. The number of aromatic nitrogens is 1.